The Hall–Kier alpha value is -2.81. The number of anilines is 1. The quantitative estimate of drug-likeness (QED) is 0.702. The largest absolute Gasteiger partial charge is 0.438 e. The molecule has 0 aliphatic carbocycles. The number of ether oxygens (including phenoxy) is 1. The fraction of sp³-hybridized carbons (Fsp3) is 0.227. The molecule has 0 fully saturated rings. The predicted molar refractivity (Wildman–Crippen MR) is 105 cm³/mol. The van der Waals surface area contributed by atoms with Gasteiger partial charge in [-0.2, -0.15) is 0 Å². The van der Waals surface area contributed by atoms with Crippen molar-refractivity contribution in [1.82, 2.24) is 0 Å². The molecule has 1 N–H and O–H groups in total. The lowest BCUT2D eigenvalue weighted by Gasteiger charge is -2.26. The number of hydrogen-bond acceptors (Lipinski definition) is 2. The number of carbonyl (C=O) groups excluding carboxylic acids is 1. The topological polar surface area (TPSA) is 38.3 Å². The molecule has 1 amide bonds. The van der Waals surface area contributed by atoms with Crippen molar-refractivity contribution in [3.8, 4) is 0 Å². The summed E-state index contributed by atoms with van der Waals surface area (Å²) in [5.74, 6) is 0. The first kappa shape index (κ1) is 18.5. The third-order valence-electron chi connectivity index (χ3n) is 4.04. The Kier molecular flexibility index (Phi) is 5.48. The normalized spacial score (nSPS) is 10.9. The van der Waals surface area contributed by atoms with Crippen LogP contribution in [0, 0.1) is 0 Å². The molecule has 0 aromatic heterocycles. The van der Waals surface area contributed by atoms with Crippen LogP contribution in [0.2, 0.25) is 0 Å². The zero-order valence-corrected chi connectivity index (χ0v) is 15.3. The summed E-state index contributed by atoms with van der Waals surface area (Å²) >= 11 is 0. The summed E-state index contributed by atoms with van der Waals surface area (Å²) in [5.41, 5.74) is 4.69. The SMILES string of the molecule is C=C(C)c1ccc(C(C)(C)OC(=O)Nc2ccccc2C(=C)C)cc1. The third kappa shape index (κ3) is 4.60. The summed E-state index contributed by atoms with van der Waals surface area (Å²) in [7, 11) is 0. The van der Waals surface area contributed by atoms with Crippen molar-refractivity contribution < 1.29 is 9.53 Å². The van der Waals surface area contributed by atoms with E-state index in [-0.39, 0.29) is 0 Å². The van der Waals surface area contributed by atoms with E-state index >= 15 is 0 Å². The zero-order chi connectivity index (χ0) is 18.6. The maximum atomic E-state index is 12.4. The molecule has 2 rings (SSSR count). The van der Waals surface area contributed by atoms with Crippen molar-refractivity contribution in [2.75, 3.05) is 5.32 Å². The van der Waals surface area contributed by atoms with Crippen molar-refractivity contribution >= 4 is 22.9 Å². The van der Waals surface area contributed by atoms with Gasteiger partial charge in [-0.3, -0.25) is 5.32 Å². The molecule has 3 nitrogen and oxygen atoms in total. The average molecular weight is 335 g/mol. The van der Waals surface area contributed by atoms with Gasteiger partial charge in [0.2, 0.25) is 0 Å². The lowest BCUT2D eigenvalue weighted by Crippen LogP contribution is -2.28. The number of carbonyl (C=O) groups is 1. The molecular weight excluding hydrogens is 310 g/mol. The summed E-state index contributed by atoms with van der Waals surface area (Å²) in [5, 5.41) is 2.81. The highest BCUT2D eigenvalue weighted by Gasteiger charge is 2.25. The number of hydrogen-bond donors (Lipinski definition) is 1. The van der Waals surface area contributed by atoms with Gasteiger partial charge in [-0.05, 0) is 50.5 Å². The van der Waals surface area contributed by atoms with Crippen LogP contribution in [0.4, 0.5) is 10.5 Å². The summed E-state index contributed by atoms with van der Waals surface area (Å²) < 4.78 is 5.66. The molecule has 0 aliphatic rings. The number of allylic oxidation sites excluding steroid dienone is 2. The van der Waals surface area contributed by atoms with Crippen LogP contribution >= 0.6 is 0 Å². The molecule has 0 unspecified atom stereocenters. The fourth-order valence-electron chi connectivity index (χ4n) is 2.55. The summed E-state index contributed by atoms with van der Waals surface area (Å²) in [4.78, 5) is 12.4. The number of benzene rings is 2. The predicted octanol–water partition coefficient (Wildman–Crippen LogP) is 6.24. The van der Waals surface area contributed by atoms with Gasteiger partial charge in [0, 0.05) is 5.56 Å². The van der Waals surface area contributed by atoms with E-state index < -0.39 is 11.7 Å². The monoisotopic (exact) mass is 335 g/mol. The first-order valence-electron chi connectivity index (χ1n) is 8.22. The molecule has 2 aromatic rings. The Bertz CT molecular complexity index is 801. The number of para-hydroxylation sites is 1. The third-order valence-corrected chi connectivity index (χ3v) is 4.04. The minimum Gasteiger partial charge on any atom is -0.438 e. The van der Waals surface area contributed by atoms with Gasteiger partial charge in [-0.25, -0.2) is 4.79 Å². The highest BCUT2D eigenvalue weighted by molar-refractivity contribution is 5.89. The highest BCUT2D eigenvalue weighted by atomic mass is 16.6. The summed E-state index contributed by atoms with van der Waals surface area (Å²) in [6, 6.07) is 15.4. The van der Waals surface area contributed by atoms with Gasteiger partial charge >= 0.3 is 6.09 Å². The van der Waals surface area contributed by atoms with E-state index in [9.17, 15) is 4.79 Å². The Morgan fingerprint density at radius 2 is 1.56 bits per heavy atom. The maximum Gasteiger partial charge on any atom is 0.412 e. The van der Waals surface area contributed by atoms with Crippen LogP contribution < -0.4 is 5.32 Å². The molecule has 0 bridgehead atoms. The molecule has 0 radical (unpaired) electrons. The molecule has 2 aromatic carbocycles. The lowest BCUT2D eigenvalue weighted by molar-refractivity contribution is 0.0466. The van der Waals surface area contributed by atoms with Crippen LogP contribution in [0.5, 0.6) is 0 Å². The van der Waals surface area contributed by atoms with E-state index in [0.29, 0.717) is 5.69 Å². The smallest absolute Gasteiger partial charge is 0.412 e. The van der Waals surface area contributed by atoms with Crippen molar-refractivity contribution in [2.24, 2.45) is 0 Å². The first-order chi connectivity index (χ1) is 11.7. The van der Waals surface area contributed by atoms with Crippen molar-refractivity contribution in [2.45, 2.75) is 33.3 Å². The standard InChI is InChI=1S/C22H25NO2/c1-15(2)17-11-13-18(14-12-17)22(5,6)25-21(24)23-20-10-8-7-9-19(20)16(3)4/h7-14H,1,3H2,2,4-6H3,(H,23,24). The molecule has 0 aliphatic heterocycles. The van der Waals surface area contributed by atoms with Gasteiger partial charge in [0.15, 0.2) is 0 Å². The Morgan fingerprint density at radius 1 is 0.960 bits per heavy atom. The molecule has 0 saturated carbocycles. The van der Waals surface area contributed by atoms with Crippen molar-refractivity contribution in [3.63, 3.8) is 0 Å². The van der Waals surface area contributed by atoms with Crippen LogP contribution in [0.1, 0.15) is 44.4 Å². The van der Waals surface area contributed by atoms with Gasteiger partial charge in [0.1, 0.15) is 5.60 Å². The van der Waals surface area contributed by atoms with Gasteiger partial charge in [0.05, 0.1) is 5.69 Å². The van der Waals surface area contributed by atoms with Crippen LogP contribution in [-0.2, 0) is 10.3 Å². The van der Waals surface area contributed by atoms with Crippen molar-refractivity contribution in [3.05, 3.63) is 78.4 Å². The van der Waals surface area contributed by atoms with E-state index in [2.05, 4.69) is 18.5 Å². The van der Waals surface area contributed by atoms with Crippen LogP contribution in [0.15, 0.2) is 61.7 Å². The second-order valence-corrected chi connectivity index (χ2v) is 6.71. The van der Waals surface area contributed by atoms with Crippen LogP contribution in [-0.4, -0.2) is 6.09 Å². The summed E-state index contributed by atoms with van der Waals surface area (Å²) in [6.45, 7) is 15.5. The fourth-order valence-corrected chi connectivity index (χ4v) is 2.55. The number of amides is 1. The second-order valence-electron chi connectivity index (χ2n) is 6.71. The first-order valence-corrected chi connectivity index (χ1v) is 8.22. The average Bonchev–Trinajstić information content (AvgIpc) is 2.54. The van der Waals surface area contributed by atoms with E-state index in [1.54, 1.807) is 0 Å². The Balaban J connectivity index is 2.13. The van der Waals surface area contributed by atoms with Gasteiger partial charge in [-0.1, -0.05) is 61.2 Å². The molecule has 3 heteroatoms. The molecule has 0 saturated heterocycles. The van der Waals surface area contributed by atoms with Gasteiger partial charge in [0.25, 0.3) is 0 Å². The van der Waals surface area contributed by atoms with Gasteiger partial charge < -0.3 is 4.74 Å². The molecule has 25 heavy (non-hydrogen) atoms. The van der Waals surface area contributed by atoms with Crippen molar-refractivity contribution in [1.29, 1.82) is 0 Å². The van der Waals surface area contributed by atoms with E-state index in [1.807, 2.05) is 76.2 Å². The lowest BCUT2D eigenvalue weighted by atomic mass is 9.96. The molecule has 130 valence electrons. The minimum atomic E-state index is -0.754. The van der Waals surface area contributed by atoms with E-state index in [0.717, 1.165) is 27.8 Å². The molecular formula is C22H25NO2. The molecule has 0 spiro atoms. The Morgan fingerprint density at radius 3 is 2.12 bits per heavy atom. The van der Waals surface area contributed by atoms with Crippen LogP contribution in [0.3, 0.4) is 0 Å². The van der Waals surface area contributed by atoms with E-state index in [4.69, 9.17) is 4.74 Å². The van der Waals surface area contributed by atoms with Gasteiger partial charge in [-0.15, -0.1) is 0 Å². The van der Waals surface area contributed by atoms with Crippen LogP contribution in [0.25, 0.3) is 11.1 Å². The zero-order valence-electron chi connectivity index (χ0n) is 15.3. The minimum absolute atomic E-state index is 0.498. The van der Waals surface area contributed by atoms with E-state index in [1.165, 1.54) is 0 Å². The number of rotatable bonds is 5. The Labute approximate surface area is 150 Å². The number of nitrogens with one attached hydrogen (secondary N) is 1. The second kappa shape index (κ2) is 7.39. The highest BCUT2D eigenvalue weighted by Crippen LogP contribution is 2.28. The maximum absolute atomic E-state index is 12.4. The molecule has 0 heterocycles. The summed E-state index contributed by atoms with van der Waals surface area (Å²) in [6.07, 6.45) is -0.498. The molecule has 0 atom stereocenters.